The van der Waals surface area contributed by atoms with Crippen LogP contribution >= 0.6 is 15.9 Å². The van der Waals surface area contributed by atoms with Crippen molar-refractivity contribution < 1.29 is 19.4 Å². The number of rotatable bonds is 2. The van der Waals surface area contributed by atoms with Crippen molar-refractivity contribution in [1.82, 2.24) is 9.80 Å². The molecule has 1 N–H and O–H groups in total. The average Bonchev–Trinajstić information content (AvgIpc) is 2.77. The Morgan fingerprint density at radius 1 is 1.19 bits per heavy atom. The number of carbonyl (C=O) groups excluding carboxylic acids is 2. The zero-order chi connectivity index (χ0) is 20.7. The lowest BCUT2D eigenvalue weighted by Crippen LogP contribution is -2.53. The highest BCUT2D eigenvalue weighted by atomic mass is 79.9. The molecule has 1 aromatic carbocycles. The molecule has 2 rings (SSSR count). The van der Waals surface area contributed by atoms with Gasteiger partial charge in [-0.05, 0) is 32.4 Å². The lowest BCUT2D eigenvalue weighted by Gasteiger charge is -2.39. The lowest BCUT2D eigenvalue weighted by molar-refractivity contribution is -0.131. The Balaban J connectivity index is 2.53. The fourth-order valence-corrected chi connectivity index (χ4v) is 4.00. The van der Waals surface area contributed by atoms with Gasteiger partial charge in [0.25, 0.3) is 0 Å². The number of nitrogens with zero attached hydrogens (tertiary/aromatic N) is 2. The minimum Gasteiger partial charge on any atom is -0.444 e. The van der Waals surface area contributed by atoms with Gasteiger partial charge in [0.05, 0.1) is 0 Å². The largest absolute Gasteiger partial charge is 0.444 e. The number of hydrogen-bond acceptors (Lipinski definition) is 4. The third kappa shape index (κ3) is 4.46. The number of aliphatic hydroxyl groups excluding tert-OH is 1. The summed E-state index contributed by atoms with van der Waals surface area (Å²) in [4.78, 5) is 29.0. The summed E-state index contributed by atoms with van der Waals surface area (Å²) in [6, 6.07) is 6.08. The van der Waals surface area contributed by atoms with E-state index in [0.717, 1.165) is 0 Å². The first-order valence-electron chi connectivity index (χ1n) is 8.96. The van der Waals surface area contributed by atoms with Crippen LogP contribution in [-0.2, 0) is 9.53 Å². The molecule has 0 unspecified atom stereocenters. The molecule has 0 spiro atoms. The highest BCUT2D eigenvalue weighted by Crippen LogP contribution is 2.40. The van der Waals surface area contributed by atoms with Crippen LogP contribution in [0.1, 0.15) is 53.2 Å². The minimum atomic E-state index is -1.18. The van der Waals surface area contributed by atoms with Crippen molar-refractivity contribution in [3.8, 4) is 0 Å². The van der Waals surface area contributed by atoms with Gasteiger partial charge in [0.1, 0.15) is 23.9 Å². The topological polar surface area (TPSA) is 70.1 Å². The van der Waals surface area contributed by atoms with E-state index in [2.05, 4.69) is 15.9 Å². The number of ether oxygens (including phenoxy) is 1. The zero-order valence-electron chi connectivity index (χ0n) is 17.0. The summed E-state index contributed by atoms with van der Waals surface area (Å²) in [7, 11) is 1.66. The Morgan fingerprint density at radius 2 is 1.74 bits per heavy atom. The Bertz CT molecular complexity index is 723. The monoisotopic (exact) mass is 440 g/mol. The van der Waals surface area contributed by atoms with Crippen LogP contribution in [0.15, 0.2) is 28.7 Å². The van der Waals surface area contributed by atoms with Crippen molar-refractivity contribution >= 4 is 27.9 Å². The van der Waals surface area contributed by atoms with E-state index in [1.807, 2.05) is 26.8 Å². The van der Waals surface area contributed by atoms with Crippen molar-refractivity contribution in [2.75, 3.05) is 7.05 Å². The second-order valence-corrected chi connectivity index (χ2v) is 9.84. The Kier molecular flexibility index (Phi) is 5.97. The zero-order valence-corrected chi connectivity index (χ0v) is 18.6. The fourth-order valence-electron chi connectivity index (χ4n) is 3.49. The predicted molar refractivity (Wildman–Crippen MR) is 107 cm³/mol. The second-order valence-electron chi connectivity index (χ2n) is 8.99. The Morgan fingerprint density at radius 3 is 2.22 bits per heavy atom. The van der Waals surface area contributed by atoms with Crippen LogP contribution in [0.4, 0.5) is 4.79 Å². The van der Waals surface area contributed by atoms with E-state index >= 15 is 0 Å². The van der Waals surface area contributed by atoms with E-state index in [1.165, 1.54) is 9.80 Å². The molecule has 0 aliphatic carbocycles. The molecule has 0 saturated carbocycles. The maximum absolute atomic E-state index is 13.1. The number of aliphatic hydroxyl groups is 1. The number of hydrogen-bond donors (Lipinski definition) is 1. The molecule has 0 radical (unpaired) electrons. The minimum absolute atomic E-state index is 0.316. The van der Waals surface area contributed by atoms with Gasteiger partial charge in [0.15, 0.2) is 0 Å². The van der Waals surface area contributed by atoms with Crippen LogP contribution < -0.4 is 0 Å². The van der Waals surface area contributed by atoms with Gasteiger partial charge in [-0.2, -0.15) is 0 Å². The van der Waals surface area contributed by atoms with E-state index in [1.54, 1.807) is 46.0 Å². The number of amides is 2. The Labute approximate surface area is 169 Å². The number of carbonyl (C=O) groups is 2. The molecule has 1 aliphatic heterocycles. The van der Waals surface area contributed by atoms with E-state index in [4.69, 9.17) is 4.74 Å². The molecule has 1 fully saturated rings. The number of likely N-dealkylation sites (N-methyl/N-ethyl adjacent to an activating group) is 1. The van der Waals surface area contributed by atoms with Gasteiger partial charge >= 0.3 is 6.09 Å². The van der Waals surface area contributed by atoms with E-state index < -0.39 is 35.4 Å². The quantitative estimate of drug-likeness (QED) is 0.755. The smallest absolute Gasteiger partial charge is 0.412 e. The first kappa shape index (κ1) is 21.7. The molecule has 1 aromatic rings. The molecular formula is C20H29BrN2O4. The highest BCUT2D eigenvalue weighted by Gasteiger charge is 2.55. The molecule has 3 atom stereocenters. The summed E-state index contributed by atoms with van der Waals surface area (Å²) in [5.41, 5.74) is -0.594. The molecule has 1 heterocycles. The second kappa shape index (κ2) is 7.43. The molecule has 0 bridgehead atoms. The number of halogens is 1. The maximum Gasteiger partial charge on any atom is 0.412 e. The van der Waals surface area contributed by atoms with Gasteiger partial charge in [0, 0.05) is 16.9 Å². The summed E-state index contributed by atoms with van der Waals surface area (Å²) in [6.07, 6.45) is -2.34. The third-order valence-corrected chi connectivity index (χ3v) is 5.15. The van der Waals surface area contributed by atoms with Crippen molar-refractivity contribution in [2.45, 2.75) is 65.5 Å². The van der Waals surface area contributed by atoms with Crippen LogP contribution in [0.5, 0.6) is 0 Å². The SMILES string of the molecule is CN1C(=O)[C@@H]([C@H](O)c2ccccc2Br)N(C(=O)OC(C)(C)C)[C@@H]1C(C)(C)C. The summed E-state index contributed by atoms with van der Waals surface area (Å²) < 4.78 is 6.25. The van der Waals surface area contributed by atoms with Gasteiger partial charge in [-0.3, -0.25) is 9.69 Å². The van der Waals surface area contributed by atoms with Crippen LogP contribution in [0.3, 0.4) is 0 Å². The molecule has 0 aromatic heterocycles. The van der Waals surface area contributed by atoms with Crippen molar-refractivity contribution in [1.29, 1.82) is 0 Å². The first-order valence-corrected chi connectivity index (χ1v) is 9.75. The molecule has 7 heteroatoms. The standard InChI is InChI=1S/C20H29BrN2O4/c1-19(2,3)17-22(7)16(25)14(23(17)18(26)27-20(4,5)6)15(24)12-10-8-9-11-13(12)21/h8-11,14-15,17,24H,1-7H3/t14-,15-,17-/m1/s1. The average molecular weight is 441 g/mol. The normalized spacial score (nSPS) is 22.2. The van der Waals surface area contributed by atoms with Crippen LogP contribution in [0.2, 0.25) is 0 Å². The number of benzene rings is 1. The van der Waals surface area contributed by atoms with Gasteiger partial charge < -0.3 is 14.7 Å². The highest BCUT2D eigenvalue weighted by molar-refractivity contribution is 9.10. The predicted octanol–water partition coefficient (Wildman–Crippen LogP) is 3.93. The van der Waals surface area contributed by atoms with Crippen molar-refractivity contribution in [2.24, 2.45) is 5.41 Å². The Hall–Kier alpha value is -1.60. The maximum atomic E-state index is 13.1. The van der Waals surface area contributed by atoms with Crippen LogP contribution in [-0.4, -0.2) is 51.8 Å². The summed E-state index contributed by atoms with van der Waals surface area (Å²) in [5, 5.41) is 11.1. The molecular weight excluding hydrogens is 412 g/mol. The molecule has 1 aliphatic rings. The van der Waals surface area contributed by atoms with Crippen molar-refractivity contribution in [3.63, 3.8) is 0 Å². The van der Waals surface area contributed by atoms with Gasteiger partial charge in [-0.1, -0.05) is 54.9 Å². The third-order valence-electron chi connectivity index (χ3n) is 4.43. The molecule has 2 amide bonds. The molecule has 27 heavy (non-hydrogen) atoms. The summed E-state index contributed by atoms with van der Waals surface area (Å²) in [6.45, 7) is 11.2. The summed E-state index contributed by atoms with van der Waals surface area (Å²) >= 11 is 3.42. The van der Waals surface area contributed by atoms with Crippen LogP contribution in [0.25, 0.3) is 0 Å². The van der Waals surface area contributed by atoms with Gasteiger partial charge in [-0.15, -0.1) is 0 Å². The van der Waals surface area contributed by atoms with E-state index in [-0.39, 0.29) is 5.91 Å². The van der Waals surface area contributed by atoms with E-state index in [9.17, 15) is 14.7 Å². The molecule has 6 nitrogen and oxygen atoms in total. The van der Waals surface area contributed by atoms with Crippen LogP contribution in [0, 0.1) is 5.41 Å². The van der Waals surface area contributed by atoms with E-state index in [0.29, 0.717) is 10.0 Å². The molecule has 1 saturated heterocycles. The van der Waals surface area contributed by atoms with Crippen molar-refractivity contribution in [3.05, 3.63) is 34.3 Å². The first-order chi connectivity index (χ1) is 12.3. The summed E-state index contributed by atoms with van der Waals surface area (Å²) in [5.74, 6) is -0.316. The van der Waals surface area contributed by atoms with Gasteiger partial charge in [0.2, 0.25) is 5.91 Å². The van der Waals surface area contributed by atoms with Gasteiger partial charge in [-0.25, -0.2) is 4.79 Å². The molecule has 150 valence electrons. The fraction of sp³-hybridized carbons (Fsp3) is 0.600. The lowest BCUT2D eigenvalue weighted by atomic mass is 9.91.